The molecule has 2 fully saturated rings. The highest BCUT2D eigenvalue weighted by atomic mass is 16.5. The third-order valence-corrected chi connectivity index (χ3v) is 5.18. The topological polar surface area (TPSA) is 21.3 Å². The first-order valence-corrected chi connectivity index (χ1v) is 8.62. The lowest BCUT2D eigenvalue weighted by molar-refractivity contribution is 0.354. The predicted octanol–water partition coefficient (Wildman–Crippen LogP) is 4.04. The Kier molecular flexibility index (Phi) is 4.84. The van der Waals surface area contributed by atoms with E-state index >= 15 is 0 Å². The summed E-state index contributed by atoms with van der Waals surface area (Å²) in [7, 11) is 1.72. The Labute approximate surface area is 129 Å². The number of rotatable bonds is 9. The normalized spacial score (nSPS) is 19.8. The van der Waals surface area contributed by atoms with E-state index in [2.05, 4.69) is 36.5 Å². The van der Waals surface area contributed by atoms with Crippen LogP contribution in [0.25, 0.3) is 0 Å². The summed E-state index contributed by atoms with van der Waals surface area (Å²) < 4.78 is 5.20. The lowest BCUT2D eigenvalue weighted by Crippen LogP contribution is -2.33. The van der Waals surface area contributed by atoms with Gasteiger partial charge in [0.25, 0.3) is 0 Å². The van der Waals surface area contributed by atoms with Gasteiger partial charge in [-0.15, -0.1) is 0 Å². The zero-order chi connectivity index (χ0) is 14.7. The van der Waals surface area contributed by atoms with Crippen molar-refractivity contribution in [2.24, 2.45) is 17.8 Å². The summed E-state index contributed by atoms with van der Waals surface area (Å²) in [6.45, 7) is 3.58. The maximum Gasteiger partial charge on any atom is 0.118 e. The van der Waals surface area contributed by atoms with E-state index in [1.165, 1.54) is 44.2 Å². The molecule has 0 radical (unpaired) electrons. The van der Waals surface area contributed by atoms with Gasteiger partial charge in [0.05, 0.1) is 7.11 Å². The molecule has 0 heterocycles. The zero-order valence-corrected chi connectivity index (χ0v) is 13.5. The van der Waals surface area contributed by atoms with E-state index in [1.54, 1.807) is 7.11 Å². The van der Waals surface area contributed by atoms with Crippen LogP contribution in [0.15, 0.2) is 24.3 Å². The van der Waals surface area contributed by atoms with E-state index in [1.807, 2.05) is 0 Å². The molecule has 0 aliphatic heterocycles. The maximum atomic E-state index is 5.20. The Balaban J connectivity index is 1.38. The predicted molar refractivity (Wildman–Crippen MR) is 87.7 cm³/mol. The number of aryl methyl sites for hydroxylation is 1. The smallest absolute Gasteiger partial charge is 0.118 e. The summed E-state index contributed by atoms with van der Waals surface area (Å²) in [6.07, 6.45) is 8.32. The van der Waals surface area contributed by atoms with Gasteiger partial charge in [0.2, 0.25) is 0 Å². The Morgan fingerprint density at radius 3 is 2.24 bits per heavy atom. The lowest BCUT2D eigenvalue weighted by atomic mass is 9.97. The SMILES string of the molecule is COc1ccc(CCC(C)NCC(C2CC2)C2CC2)cc1. The van der Waals surface area contributed by atoms with E-state index in [0.29, 0.717) is 6.04 Å². The summed E-state index contributed by atoms with van der Waals surface area (Å²) >= 11 is 0. The number of ether oxygens (including phenoxy) is 1. The van der Waals surface area contributed by atoms with Gasteiger partial charge in [-0.1, -0.05) is 12.1 Å². The molecule has 0 amide bonds. The molecular weight excluding hydrogens is 258 g/mol. The van der Waals surface area contributed by atoms with Gasteiger partial charge in [-0.25, -0.2) is 0 Å². The zero-order valence-electron chi connectivity index (χ0n) is 13.5. The van der Waals surface area contributed by atoms with Crippen LogP contribution >= 0.6 is 0 Å². The van der Waals surface area contributed by atoms with Crippen molar-refractivity contribution in [1.29, 1.82) is 0 Å². The first kappa shape index (κ1) is 14.9. The fourth-order valence-corrected chi connectivity index (χ4v) is 3.38. The minimum absolute atomic E-state index is 0.618. The second-order valence-corrected chi connectivity index (χ2v) is 7.03. The first-order valence-electron chi connectivity index (χ1n) is 8.62. The molecule has 116 valence electrons. The molecule has 1 atom stereocenters. The summed E-state index contributed by atoms with van der Waals surface area (Å²) in [4.78, 5) is 0. The quantitative estimate of drug-likeness (QED) is 0.740. The van der Waals surface area contributed by atoms with Crippen LogP contribution in [-0.2, 0) is 6.42 Å². The molecule has 1 aromatic rings. The van der Waals surface area contributed by atoms with Crippen molar-refractivity contribution in [1.82, 2.24) is 5.32 Å². The highest BCUT2D eigenvalue weighted by Crippen LogP contribution is 2.48. The monoisotopic (exact) mass is 287 g/mol. The molecular formula is C19H29NO. The molecule has 0 saturated heterocycles. The van der Waals surface area contributed by atoms with Crippen molar-refractivity contribution in [2.75, 3.05) is 13.7 Å². The van der Waals surface area contributed by atoms with Crippen LogP contribution in [0.4, 0.5) is 0 Å². The van der Waals surface area contributed by atoms with Crippen LogP contribution in [-0.4, -0.2) is 19.7 Å². The molecule has 0 bridgehead atoms. The third kappa shape index (κ3) is 4.47. The molecule has 1 aromatic carbocycles. The van der Waals surface area contributed by atoms with Gasteiger partial charge in [0, 0.05) is 6.04 Å². The minimum Gasteiger partial charge on any atom is -0.497 e. The van der Waals surface area contributed by atoms with Gasteiger partial charge in [-0.2, -0.15) is 0 Å². The fourth-order valence-electron chi connectivity index (χ4n) is 3.38. The van der Waals surface area contributed by atoms with Crippen LogP contribution in [0.1, 0.15) is 44.6 Å². The van der Waals surface area contributed by atoms with Crippen molar-refractivity contribution < 1.29 is 4.74 Å². The Bertz CT molecular complexity index is 421. The van der Waals surface area contributed by atoms with Crippen LogP contribution in [0, 0.1) is 17.8 Å². The Hall–Kier alpha value is -1.02. The van der Waals surface area contributed by atoms with E-state index in [4.69, 9.17) is 4.74 Å². The lowest BCUT2D eigenvalue weighted by Gasteiger charge is -2.20. The van der Waals surface area contributed by atoms with Gasteiger partial charge in [0.1, 0.15) is 5.75 Å². The molecule has 2 saturated carbocycles. The van der Waals surface area contributed by atoms with Crippen molar-refractivity contribution in [3.63, 3.8) is 0 Å². The summed E-state index contributed by atoms with van der Waals surface area (Å²) in [6, 6.07) is 9.10. The minimum atomic E-state index is 0.618. The van der Waals surface area contributed by atoms with Crippen molar-refractivity contribution in [2.45, 2.75) is 51.5 Å². The molecule has 2 heteroatoms. The third-order valence-electron chi connectivity index (χ3n) is 5.18. The van der Waals surface area contributed by atoms with E-state index in [-0.39, 0.29) is 0 Å². The average molecular weight is 287 g/mol. The van der Waals surface area contributed by atoms with E-state index in [9.17, 15) is 0 Å². The van der Waals surface area contributed by atoms with Crippen LogP contribution in [0.3, 0.4) is 0 Å². The van der Waals surface area contributed by atoms with Crippen molar-refractivity contribution >= 4 is 0 Å². The summed E-state index contributed by atoms with van der Waals surface area (Å²) in [5.74, 6) is 4.03. The second-order valence-electron chi connectivity index (χ2n) is 7.03. The van der Waals surface area contributed by atoms with Crippen molar-refractivity contribution in [3.8, 4) is 5.75 Å². The van der Waals surface area contributed by atoms with Gasteiger partial charge < -0.3 is 10.1 Å². The summed E-state index contributed by atoms with van der Waals surface area (Å²) in [5.41, 5.74) is 1.41. The fraction of sp³-hybridized carbons (Fsp3) is 0.684. The highest BCUT2D eigenvalue weighted by molar-refractivity contribution is 5.27. The Morgan fingerprint density at radius 1 is 1.10 bits per heavy atom. The van der Waals surface area contributed by atoms with Crippen LogP contribution < -0.4 is 10.1 Å². The molecule has 21 heavy (non-hydrogen) atoms. The van der Waals surface area contributed by atoms with Gasteiger partial charge >= 0.3 is 0 Å². The molecule has 0 aromatic heterocycles. The van der Waals surface area contributed by atoms with Gasteiger partial charge in [-0.3, -0.25) is 0 Å². The molecule has 2 aliphatic carbocycles. The molecule has 2 nitrogen and oxygen atoms in total. The van der Waals surface area contributed by atoms with Crippen LogP contribution in [0.5, 0.6) is 5.75 Å². The summed E-state index contributed by atoms with van der Waals surface area (Å²) in [5, 5.41) is 3.79. The number of nitrogens with one attached hydrogen (secondary N) is 1. The molecule has 0 spiro atoms. The number of hydrogen-bond acceptors (Lipinski definition) is 2. The number of benzene rings is 1. The largest absolute Gasteiger partial charge is 0.497 e. The molecule has 1 unspecified atom stereocenters. The van der Waals surface area contributed by atoms with Gasteiger partial charge in [0.15, 0.2) is 0 Å². The molecule has 1 N–H and O–H groups in total. The molecule has 2 aliphatic rings. The standard InChI is InChI=1S/C19H29NO/c1-14(3-4-15-5-11-18(21-2)12-6-15)20-13-19(16-7-8-16)17-9-10-17/h5-6,11-12,14,16-17,19-20H,3-4,7-10,13H2,1-2H3. The first-order chi connectivity index (χ1) is 10.3. The van der Waals surface area contributed by atoms with Gasteiger partial charge in [-0.05, 0) is 87.4 Å². The van der Waals surface area contributed by atoms with E-state index in [0.717, 1.165) is 29.9 Å². The maximum absolute atomic E-state index is 5.20. The van der Waals surface area contributed by atoms with Crippen LogP contribution in [0.2, 0.25) is 0 Å². The number of hydrogen-bond donors (Lipinski definition) is 1. The number of methoxy groups -OCH3 is 1. The Morgan fingerprint density at radius 2 is 1.71 bits per heavy atom. The van der Waals surface area contributed by atoms with Crippen molar-refractivity contribution in [3.05, 3.63) is 29.8 Å². The van der Waals surface area contributed by atoms with E-state index < -0.39 is 0 Å². The average Bonchev–Trinajstić information content (AvgIpc) is 3.38. The molecule has 3 rings (SSSR count). The highest BCUT2D eigenvalue weighted by Gasteiger charge is 2.40. The second kappa shape index (κ2) is 6.83.